The SMILES string of the molecule is OCc1nnc2c(Br)nccn12. The summed E-state index contributed by atoms with van der Waals surface area (Å²) in [7, 11) is 0. The second-order valence-electron chi connectivity index (χ2n) is 2.19. The first-order chi connectivity index (χ1) is 5.83. The van der Waals surface area contributed by atoms with Crippen LogP contribution in [0.25, 0.3) is 5.65 Å². The van der Waals surface area contributed by atoms with E-state index < -0.39 is 0 Å². The minimum Gasteiger partial charge on any atom is -0.388 e. The van der Waals surface area contributed by atoms with E-state index in [4.69, 9.17) is 5.11 Å². The number of nitrogens with zero attached hydrogens (tertiary/aromatic N) is 4. The van der Waals surface area contributed by atoms with E-state index >= 15 is 0 Å². The Balaban J connectivity index is 2.80. The zero-order chi connectivity index (χ0) is 8.55. The van der Waals surface area contributed by atoms with Crippen molar-refractivity contribution in [3.05, 3.63) is 22.8 Å². The molecule has 0 saturated carbocycles. The predicted octanol–water partition coefficient (Wildman–Crippen LogP) is 0.379. The number of hydrogen-bond acceptors (Lipinski definition) is 4. The van der Waals surface area contributed by atoms with Crippen molar-refractivity contribution >= 4 is 21.6 Å². The quantitative estimate of drug-likeness (QED) is 0.767. The van der Waals surface area contributed by atoms with E-state index in [0.717, 1.165) is 0 Å². The van der Waals surface area contributed by atoms with Gasteiger partial charge in [-0.3, -0.25) is 4.40 Å². The van der Waals surface area contributed by atoms with Gasteiger partial charge in [0.15, 0.2) is 16.1 Å². The molecule has 0 spiro atoms. The second-order valence-corrected chi connectivity index (χ2v) is 2.94. The maximum absolute atomic E-state index is 8.86. The number of aliphatic hydroxyl groups excluding tert-OH is 1. The lowest BCUT2D eigenvalue weighted by atomic mass is 10.6. The Morgan fingerprint density at radius 1 is 1.50 bits per heavy atom. The van der Waals surface area contributed by atoms with E-state index in [-0.39, 0.29) is 6.61 Å². The highest BCUT2D eigenvalue weighted by atomic mass is 79.9. The van der Waals surface area contributed by atoms with Gasteiger partial charge in [0.05, 0.1) is 0 Å². The Labute approximate surface area is 76.2 Å². The fourth-order valence-corrected chi connectivity index (χ4v) is 1.34. The number of rotatable bonds is 1. The molecule has 0 atom stereocenters. The fraction of sp³-hybridized carbons (Fsp3) is 0.167. The molecule has 0 saturated heterocycles. The highest BCUT2D eigenvalue weighted by Crippen LogP contribution is 2.12. The van der Waals surface area contributed by atoms with Crippen LogP contribution in [0.3, 0.4) is 0 Å². The van der Waals surface area contributed by atoms with E-state index in [9.17, 15) is 0 Å². The van der Waals surface area contributed by atoms with Gasteiger partial charge < -0.3 is 5.11 Å². The summed E-state index contributed by atoms with van der Waals surface area (Å²) in [6, 6.07) is 0. The molecule has 2 heterocycles. The second kappa shape index (κ2) is 2.80. The van der Waals surface area contributed by atoms with Crippen molar-refractivity contribution in [1.82, 2.24) is 19.6 Å². The molecule has 0 fully saturated rings. The molecule has 0 aliphatic carbocycles. The molecule has 0 radical (unpaired) electrons. The Kier molecular flexibility index (Phi) is 1.78. The normalized spacial score (nSPS) is 10.8. The van der Waals surface area contributed by atoms with Gasteiger partial charge in [0.25, 0.3) is 0 Å². The van der Waals surface area contributed by atoms with Gasteiger partial charge >= 0.3 is 0 Å². The summed E-state index contributed by atoms with van der Waals surface area (Å²) >= 11 is 3.22. The molecule has 0 amide bonds. The summed E-state index contributed by atoms with van der Waals surface area (Å²) < 4.78 is 2.30. The molecule has 0 aliphatic rings. The van der Waals surface area contributed by atoms with Gasteiger partial charge in [0.2, 0.25) is 0 Å². The highest BCUT2D eigenvalue weighted by molar-refractivity contribution is 9.10. The summed E-state index contributed by atoms with van der Waals surface area (Å²) in [5.74, 6) is 0.508. The number of halogens is 1. The molecule has 2 aromatic heterocycles. The van der Waals surface area contributed by atoms with Crippen LogP contribution in [0, 0.1) is 0 Å². The zero-order valence-electron chi connectivity index (χ0n) is 5.98. The van der Waals surface area contributed by atoms with E-state index in [0.29, 0.717) is 16.1 Å². The number of fused-ring (bicyclic) bond motifs is 1. The highest BCUT2D eigenvalue weighted by Gasteiger charge is 2.06. The Bertz CT molecular complexity index is 413. The summed E-state index contributed by atoms with van der Waals surface area (Å²) in [5.41, 5.74) is 0.613. The molecule has 12 heavy (non-hydrogen) atoms. The van der Waals surface area contributed by atoms with Gasteiger partial charge in [0.1, 0.15) is 6.61 Å². The summed E-state index contributed by atoms with van der Waals surface area (Å²) in [6.45, 7) is -0.127. The molecular weight excluding hydrogens is 224 g/mol. The van der Waals surface area contributed by atoms with Crippen LogP contribution in [0.1, 0.15) is 5.82 Å². The van der Waals surface area contributed by atoms with Gasteiger partial charge in [-0.1, -0.05) is 0 Å². The third-order valence-electron chi connectivity index (χ3n) is 1.50. The molecule has 0 bridgehead atoms. The lowest BCUT2D eigenvalue weighted by molar-refractivity contribution is 0.270. The van der Waals surface area contributed by atoms with Crippen LogP contribution in [0.2, 0.25) is 0 Å². The summed E-state index contributed by atoms with van der Waals surface area (Å²) in [6.07, 6.45) is 3.31. The minimum absolute atomic E-state index is 0.127. The van der Waals surface area contributed by atoms with E-state index in [1.807, 2.05) is 0 Å². The molecule has 0 unspecified atom stereocenters. The Hall–Kier alpha value is -1.01. The molecule has 62 valence electrons. The average Bonchev–Trinajstić information content (AvgIpc) is 2.49. The fourth-order valence-electron chi connectivity index (χ4n) is 0.952. The van der Waals surface area contributed by atoms with E-state index in [1.165, 1.54) is 0 Å². The molecule has 2 rings (SSSR count). The molecule has 2 aromatic rings. The minimum atomic E-state index is -0.127. The number of aromatic nitrogens is 4. The van der Waals surface area contributed by atoms with Crippen molar-refractivity contribution in [3.63, 3.8) is 0 Å². The smallest absolute Gasteiger partial charge is 0.194 e. The first-order valence-electron chi connectivity index (χ1n) is 3.28. The van der Waals surface area contributed by atoms with E-state index in [1.54, 1.807) is 16.8 Å². The maximum Gasteiger partial charge on any atom is 0.194 e. The van der Waals surface area contributed by atoms with Gasteiger partial charge in [-0.05, 0) is 15.9 Å². The molecule has 0 aromatic carbocycles. The van der Waals surface area contributed by atoms with Crippen LogP contribution in [0.4, 0.5) is 0 Å². The van der Waals surface area contributed by atoms with Gasteiger partial charge in [-0.2, -0.15) is 0 Å². The van der Waals surface area contributed by atoms with Gasteiger partial charge in [-0.15, -0.1) is 10.2 Å². The van der Waals surface area contributed by atoms with Crippen molar-refractivity contribution < 1.29 is 5.11 Å². The lowest BCUT2D eigenvalue weighted by Gasteiger charge is -1.94. The maximum atomic E-state index is 8.86. The lowest BCUT2D eigenvalue weighted by Crippen LogP contribution is -1.94. The third-order valence-corrected chi connectivity index (χ3v) is 2.06. The molecule has 0 aliphatic heterocycles. The van der Waals surface area contributed by atoms with Crippen LogP contribution in [0.5, 0.6) is 0 Å². The summed E-state index contributed by atoms with van der Waals surface area (Å²) in [5, 5.41) is 16.5. The predicted molar refractivity (Wildman–Crippen MR) is 44.4 cm³/mol. The van der Waals surface area contributed by atoms with Crippen LogP contribution in [-0.4, -0.2) is 24.7 Å². The number of aliphatic hydroxyl groups is 1. The zero-order valence-corrected chi connectivity index (χ0v) is 7.56. The third kappa shape index (κ3) is 0.997. The first kappa shape index (κ1) is 7.63. The average molecular weight is 229 g/mol. The molecular formula is C6H5BrN4O. The largest absolute Gasteiger partial charge is 0.388 e. The van der Waals surface area contributed by atoms with E-state index in [2.05, 4.69) is 31.1 Å². The van der Waals surface area contributed by atoms with Crippen molar-refractivity contribution in [2.45, 2.75) is 6.61 Å². The van der Waals surface area contributed by atoms with Gasteiger partial charge in [-0.25, -0.2) is 4.98 Å². The first-order valence-corrected chi connectivity index (χ1v) is 4.07. The van der Waals surface area contributed by atoms with Gasteiger partial charge in [0, 0.05) is 12.4 Å². The van der Waals surface area contributed by atoms with Crippen LogP contribution >= 0.6 is 15.9 Å². The van der Waals surface area contributed by atoms with Crippen molar-refractivity contribution in [2.24, 2.45) is 0 Å². The topological polar surface area (TPSA) is 63.3 Å². The summed E-state index contributed by atoms with van der Waals surface area (Å²) in [4.78, 5) is 3.97. The molecule has 5 nitrogen and oxygen atoms in total. The van der Waals surface area contributed by atoms with Crippen molar-refractivity contribution in [3.8, 4) is 0 Å². The standard InChI is InChI=1S/C6H5BrN4O/c7-5-6-10-9-4(3-12)11(6)2-1-8-5/h1-2,12H,3H2. The van der Waals surface area contributed by atoms with Crippen LogP contribution in [-0.2, 0) is 6.61 Å². The number of hydrogen-bond donors (Lipinski definition) is 1. The Morgan fingerprint density at radius 3 is 3.08 bits per heavy atom. The van der Waals surface area contributed by atoms with Crippen LogP contribution < -0.4 is 0 Å². The molecule has 6 heteroatoms. The monoisotopic (exact) mass is 228 g/mol. The van der Waals surface area contributed by atoms with Crippen molar-refractivity contribution in [1.29, 1.82) is 0 Å². The van der Waals surface area contributed by atoms with Crippen molar-refractivity contribution in [2.75, 3.05) is 0 Å². The Morgan fingerprint density at radius 2 is 2.33 bits per heavy atom. The molecule has 1 N–H and O–H groups in total. The van der Waals surface area contributed by atoms with Crippen LogP contribution in [0.15, 0.2) is 17.0 Å².